The Morgan fingerprint density at radius 3 is 2.67 bits per heavy atom. The summed E-state index contributed by atoms with van der Waals surface area (Å²) >= 11 is 0. The number of hydrogen-bond acceptors (Lipinski definition) is 8. The van der Waals surface area contributed by atoms with E-state index in [2.05, 4.69) is 15.3 Å². The second-order valence-corrected chi connectivity index (χ2v) is 9.44. The third-order valence-electron chi connectivity index (χ3n) is 5.23. The minimum atomic E-state index is -3.17. The van der Waals surface area contributed by atoms with Crippen LogP contribution in [-0.2, 0) is 10.0 Å². The van der Waals surface area contributed by atoms with Crippen molar-refractivity contribution in [2.24, 2.45) is 0 Å². The van der Waals surface area contributed by atoms with Gasteiger partial charge in [0.15, 0.2) is 0 Å². The van der Waals surface area contributed by atoms with Gasteiger partial charge in [-0.1, -0.05) is 0 Å². The number of aromatic nitrogens is 2. The minimum Gasteiger partial charge on any atom is -0.470 e. The van der Waals surface area contributed by atoms with E-state index < -0.39 is 21.7 Å². The average Bonchev–Trinajstić information content (AvgIpc) is 2.93. The average molecular weight is 395 g/mol. The van der Waals surface area contributed by atoms with Crippen LogP contribution in [0.1, 0.15) is 44.6 Å². The van der Waals surface area contributed by atoms with Gasteiger partial charge < -0.3 is 15.2 Å². The molecule has 0 aromatic carbocycles. The van der Waals surface area contributed by atoms with Crippen molar-refractivity contribution in [2.75, 3.05) is 24.7 Å². The molecule has 2 heterocycles. The van der Waals surface area contributed by atoms with Crippen molar-refractivity contribution in [1.82, 2.24) is 14.3 Å². The Balaban J connectivity index is 1.68. The standard InChI is InChI=1S/C17H25N5O4S/c1-17(23)7-3-4-14(17)26-15-12(10-18)11-19-16(21-15)20-13-5-8-22(9-6-13)27(2,24)25/h11,13-14,23H,3-9H2,1-2H3,(H,19,20,21)/t14-,17+/m0/s1. The van der Waals surface area contributed by atoms with Gasteiger partial charge in [0.2, 0.25) is 21.9 Å². The van der Waals surface area contributed by atoms with Crippen molar-refractivity contribution in [1.29, 1.82) is 5.26 Å². The van der Waals surface area contributed by atoms with Crippen LogP contribution in [0.25, 0.3) is 0 Å². The molecule has 2 atom stereocenters. The van der Waals surface area contributed by atoms with Gasteiger partial charge in [-0.2, -0.15) is 10.2 Å². The molecular weight excluding hydrogens is 370 g/mol. The smallest absolute Gasteiger partial charge is 0.236 e. The summed E-state index contributed by atoms with van der Waals surface area (Å²) in [5.41, 5.74) is -0.723. The predicted molar refractivity (Wildman–Crippen MR) is 98.7 cm³/mol. The molecule has 0 bridgehead atoms. The number of hydrogen-bond donors (Lipinski definition) is 2. The Morgan fingerprint density at radius 2 is 2.11 bits per heavy atom. The van der Waals surface area contributed by atoms with Crippen molar-refractivity contribution in [3.63, 3.8) is 0 Å². The molecule has 0 unspecified atom stereocenters. The zero-order valence-electron chi connectivity index (χ0n) is 15.6. The predicted octanol–water partition coefficient (Wildman–Crippen LogP) is 0.866. The van der Waals surface area contributed by atoms with E-state index in [0.29, 0.717) is 44.7 Å². The number of nitrogens with one attached hydrogen (secondary N) is 1. The number of ether oxygens (including phenoxy) is 1. The van der Waals surface area contributed by atoms with Gasteiger partial charge in [0.1, 0.15) is 17.7 Å². The highest BCUT2D eigenvalue weighted by atomic mass is 32.2. The molecular formula is C17H25N5O4S. The van der Waals surface area contributed by atoms with E-state index in [9.17, 15) is 18.8 Å². The van der Waals surface area contributed by atoms with E-state index in [-0.39, 0.29) is 17.5 Å². The third-order valence-corrected chi connectivity index (χ3v) is 6.53. The lowest BCUT2D eigenvalue weighted by Gasteiger charge is -2.30. The van der Waals surface area contributed by atoms with Crippen LogP contribution >= 0.6 is 0 Å². The van der Waals surface area contributed by atoms with Crippen LogP contribution < -0.4 is 10.1 Å². The number of rotatable bonds is 5. The molecule has 9 nitrogen and oxygen atoms in total. The summed E-state index contributed by atoms with van der Waals surface area (Å²) in [6, 6.07) is 2.06. The number of sulfonamides is 1. The second kappa shape index (κ2) is 7.58. The molecule has 1 aliphatic carbocycles. The summed E-state index contributed by atoms with van der Waals surface area (Å²) in [5, 5.41) is 22.9. The number of nitriles is 1. The normalized spacial score (nSPS) is 27.3. The van der Waals surface area contributed by atoms with Gasteiger partial charge in [-0.05, 0) is 39.0 Å². The maximum atomic E-state index is 11.6. The molecule has 2 aliphatic rings. The number of piperidine rings is 1. The van der Waals surface area contributed by atoms with Crippen LogP contribution in [0.15, 0.2) is 6.20 Å². The van der Waals surface area contributed by atoms with Crippen molar-refractivity contribution >= 4 is 16.0 Å². The first-order valence-corrected chi connectivity index (χ1v) is 10.9. The molecule has 1 saturated heterocycles. The summed E-state index contributed by atoms with van der Waals surface area (Å²) in [7, 11) is -3.17. The lowest BCUT2D eigenvalue weighted by atomic mass is 10.0. The van der Waals surface area contributed by atoms with Crippen LogP contribution in [0.4, 0.5) is 5.95 Å². The van der Waals surface area contributed by atoms with Gasteiger partial charge >= 0.3 is 0 Å². The monoisotopic (exact) mass is 395 g/mol. The molecule has 148 valence electrons. The van der Waals surface area contributed by atoms with Crippen LogP contribution in [0, 0.1) is 11.3 Å². The van der Waals surface area contributed by atoms with E-state index >= 15 is 0 Å². The van der Waals surface area contributed by atoms with E-state index in [0.717, 1.165) is 6.42 Å². The molecule has 0 radical (unpaired) electrons. The molecule has 1 aliphatic heterocycles. The minimum absolute atomic E-state index is 0.0402. The molecule has 2 fully saturated rings. The van der Waals surface area contributed by atoms with Crippen LogP contribution in [0.5, 0.6) is 5.88 Å². The van der Waals surface area contributed by atoms with Gasteiger partial charge in [0.25, 0.3) is 0 Å². The van der Waals surface area contributed by atoms with Crippen molar-refractivity contribution < 1.29 is 18.3 Å². The zero-order chi connectivity index (χ0) is 19.7. The lowest BCUT2D eigenvalue weighted by Crippen LogP contribution is -2.42. The second-order valence-electron chi connectivity index (χ2n) is 7.46. The summed E-state index contributed by atoms with van der Waals surface area (Å²) in [5.74, 6) is 0.496. The number of aliphatic hydroxyl groups is 1. The molecule has 0 spiro atoms. The fourth-order valence-electron chi connectivity index (χ4n) is 3.55. The van der Waals surface area contributed by atoms with Crippen LogP contribution in [-0.4, -0.2) is 64.9 Å². The summed E-state index contributed by atoms with van der Waals surface area (Å²) in [4.78, 5) is 8.49. The summed E-state index contributed by atoms with van der Waals surface area (Å²) in [6.45, 7) is 2.62. The molecule has 1 saturated carbocycles. The Bertz CT molecular complexity index is 828. The highest BCUT2D eigenvalue weighted by Crippen LogP contribution is 2.33. The molecule has 27 heavy (non-hydrogen) atoms. The highest BCUT2D eigenvalue weighted by Gasteiger charge is 2.39. The van der Waals surface area contributed by atoms with Gasteiger partial charge in [0.05, 0.1) is 18.1 Å². The Labute approximate surface area is 159 Å². The van der Waals surface area contributed by atoms with Crippen LogP contribution in [0.2, 0.25) is 0 Å². The molecule has 1 aromatic heterocycles. The largest absolute Gasteiger partial charge is 0.470 e. The molecule has 0 amide bonds. The maximum Gasteiger partial charge on any atom is 0.236 e. The van der Waals surface area contributed by atoms with E-state index in [1.807, 2.05) is 6.07 Å². The zero-order valence-corrected chi connectivity index (χ0v) is 16.4. The van der Waals surface area contributed by atoms with Gasteiger partial charge in [0, 0.05) is 19.1 Å². The Kier molecular flexibility index (Phi) is 5.55. The highest BCUT2D eigenvalue weighted by molar-refractivity contribution is 7.88. The van der Waals surface area contributed by atoms with Gasteiger partial charge in [-0.15, -0.1) is 0 Å². The third kappa shape index (κ3) is 4.66. The van der Waals surface area contributed by atoms with Gasteiger partial charge in [-0.25, -0.2) is 17.7 Å². The molecule has 1 aromatic rings. The van der Waals surface area contributed by atoms with Gasteiger partial charge in [-0.3, -0.25) is 0 Å². The van der Waals surface area contributed by atoms with Crippen molar-refractivity contribution in [3.05, 3.63) is 11.8 Å². The lowest BCUT2D eigenvalue weighted by molar-refractivity contribution is -0.0271. The Morgan fingerprint density at radius 1 is 1.41 bits per heavy atom. The fourth-order valence-corrected chi connectivity index (χ4v) is 4.43. The SMILES string of the molecule is C[C@@]1(O)CCC[C@@H]1Oc1nc(NC2CCN(S(C)(=O)=O)CC2)ncc1C#N. The van der Waals surface area contributed by atoms with Crippen LogP contribution in [0.3, 0.4) is 0 Å². The quantitative estimate of drug-likeness (QED) is 0.751. The van der Waals surface area contributed by atoms with Crippen molar-refractivity contribution in [2.45, 2.75) is 56.8 Å². The molecule has 3 rings (SSSR count). The van der Waals surface area contributed by atoms with E-state index in [4.69, 9.17) is 4.74 Å². The van der Waals surface area contributed by atoms with E-state index in [1.54, 1.807) is 6.92 Å². The molecule has 2 N–H and O–H groups in total. The molecule has 10 heteroatoms. The number of anilines is 1. The first-order valence-electron chi connectivity index (χ1n) is 9.07. The Hall–Kier alpha value is -1.96. The van der Waals surface area contributed by atoms with Crippen molar-refractivity contribution in [3.8, 4) is 11.9 Å². The number of nitrogens with zero attached hydrogens (tertiary/aromatic N) is 4. The first kappa shape index (κ1) is 19.8. The fraction of sp³-hybridized carbons (Fsp3) is 0.706. The maximum absolute atomic E-state index is 11.6. The summed E-state index contributed by atoms with van der Waals surface area (Å²) < 4.78 is 30.5. The first-order chi connectivity index (χ1) is 12.7. The summed E-state index contributed by atoms with van der Waals surface area (Å²) in [6.07, 6.45) is 5.70. The van der Waals surface area contributed by atoms with E-state index in [1.165, 1.54) is 16.8 Å². The topological polar surface area (TPSA) is 128 Å².